The van der Waals surface area contributed by atoms with Gasteiger partial charge in [-0.15, -0.1) is 0 Å². The first-order valence-electron chi connectivity index (χ1n) is 4.31. The van der Waals surface area contributed by atoms with Crippen molar-refractivity contribution in [1.82, 2.24) is 0 Å². The van der Waals surface area contributed by atoms with Gasteiger partial charge in [-0.05, 0) is 36.8 Å². The quantitative estimate of drug-likeness (QED) is 0.778. The van der Waals surface area contributed by atoms with Gasteiger partial charge in [-0.3, -0.25) is 0 Å². The Morgan fingerprint density at radius 2 is 2.07 bits per heavy atom. The maximum Gasteiger partial charge on any atom is 0.119 e. The van der Waals surface area contributed by atoms with Crippen molar-refractivity contribution in [2.24, 2.45) is 0 Å². The van der Waals surface area contributed by atoms with E-state index in [0.717, 1.165) is 0 Å². The van der Waals surface area contributed by atoms with E-state index in [4.69, 9.17) is 16.3 Å². The molecule has 0 spiro atoms. The van der Waals surface area contributed by atoms with Crippen LogP contribution < -0.4 is 4.74 Å². The van der Waals surface area contributed by atoms with Crippen LogP contribution >= 0.6 is 11.6 Å². The van der Waals surface area contributed by atoms with Crippen molar-refractivity contribution in [2.75, 3.05) is 6.61 Å². The molecule has 14 heavy (non-hydrogen) atoms. The fourth-order valence-electron chi connectivity index (χ4n) is 0.848. The number of rotatable bonds is 4. The second kappa shape index (κ2) is 5.03. The number of ether oxygens (including phenoxy) is 1. The van der Waals surface area contributed by atoms with E-state index < -0.39 is 6.10 Å². The van der Waals surface area contributed by atoms with Crippen molar-refractivity contribution in [3.8, 4) is 5.75 Å². The summed E-state index contributed by atoms with van der Waals surface area (Å²) in [6, 6.07) is 7.00. The maximum absolute atomic E-state index is 9.39. The Balaban J connectivity index is 2.46. The van der Waals surface area contributed by atoms with Gasteiger partial charge in [0.15, 0.2) is 0 Å². The zero-order valence-corrected chi connectivity index (χ0v) is 8.79. The van der Waals surface area contributed by atoms with Crippen molar-refractivity contribution >= 4 is 11.6 Å². The molecule has 0 fully saturated rings. The van der Waals surface area contributed by atoms with Crippen molar-refractivity contribution in [3.63, 3.8) is 0 Å². The number of hydrogen-bond donors (Lipinski definition) is 1. The van der Waals surface area contributed by atoms with Crippen LogP contribution in [0.4, 0.5) is 0 Å². The molecule has 76 valence electrons. The normalized spacial score (nSPS) is 12.2. The number of aliphatic hydroxyl groups excluding tert-OH is 1. The Kier molecular flexibility index (Phi) is 3.98. The van der Waals surface area contributed by atoms with Crippen molar-refractivity contribution in [3.05, 3.63) is 41.4 Å². The molecule has 3 heteroatoms. The van der Waals surface area contributed by atoms with Gasteiger partial charge in [0.05, 0.1) is 0 Å². The van der Waals surface area contributed by atoms with E-state index in [1.165, 1.54) is 0 Å². The van der Waals surface area contributed by atoms with E-state index in [0.29, 0.717) is 16.3 Å². The molecule has 2 nitrogen and oxygen atoms in total. The largest absolute Gasteiger partial charge is 0.491 e. The number of halogens is 1. The Hall–Kier alpha value is -0.990. The molecule has 0 heterocycles. The minimum absolute atomic E-state index is 0.219. The lowest BCUT2D eigenvalue weighted by molar-refractivity contribution is 0.136. The Labute approximate surface area is 88.8 Å². The van der Waals surface area contributed by atoms with Gasteiger partial charge >= 0.3 is 0 Å². The average molecular weight is 213 g/mol. The molecule has 1 aromatic carbocycles. The fourth-order valence-corrected chi connectivity index (χ4v) is 0.974. The van der Waals surface area contributed by atoms with Gasteiger partial charge in [-0.25, -0.2) is 0 Å². The lowest BCUT2D eigenvalue weighted by Gasteiger charge is -2.11. The number of hydrogen-bond acceptors (Lipinski definition) is 2. The molecule has 0 aliphatic carbocycles. The highest BCUT2D eigenvalue weighted by molar-refractivity contribution is 6.30. The molecular formula is C11H13ClO2. The molecule has 1 atom stereocenters. The Morgan fingerprint density at radius 1 is 1.50 bits per heavy atom. The van der Waals surface area contributed by atoms with Crippen molar-refractivity contribution in [1.29, 1.82) is 0 Å². The number of aliphatic hydroxyl groups is 1. The smallest absolute Gasteiger partial charge is 0.119 e. The van der Waals surface area contributed by atoms with Crippen LogP contribution in [0.25, 0.3) is 0 Å². The van der Waals surface area contributed by atoms with Crippen LogP contribution in [0.3, 0.4) is 0 Å². The zero-order valence-electron chi connectivity index (χ0n) is 8.03. The van der Waals surface area contributed by atoms with Gasteiger partial charge < -0.3 is 9.84 Å². The lowest BCUT2D eigenvalue weighted by Crippen LogP contribution is -2.17. The SMILES string of the molecule is C=C(C)C(O)COc1ccc(Cl)cc1. The summed E-state index contributed by atoms with van der Waals surface area (Å²) in [5.41, 5.74) is 0.693. The molecule has 1 aromatic rings. The maximum atomic E-state index is 9.39. The minimum atomic E-state index is -0.620. The van der Waals surface area contributed by atoms with E-state index in [1.807, 2.05) is 0 Å². The second-order valence-corrected chi connectivity index (χ2v) is 3.56. The molecule has 0 aliphatic rings. The molecule has 0 bridgehead atoms. The fraction of sp³-hybridized carbons (Fsp3) is 0.273. The van der Waals surface area contributed by atoms with Crippen LogP contribution in [-0.2, 0) is 0 Å². The third kappa shape index (κ3) is 3.40. The van der Waals surface area contributed by atoms with Crippen LogP contribution in [0, 0.1) is 0 Å². The Bertz CT molecular complexity index is 306. The van der Waals surface area contributed by atoms with Crippen LogP contribution in [0.1, 0.15) is 6.92 Å². The first-order valence-corrected chi connectivity index (χ1v) is 4.69. The summed E-state index contributed by atoms with van der Waals surface area (Å²) in [5.74, 6) is 0.690. The summed E-state index contributed by atoms with van der Waals surface area (Å²) < 4.78 is 5.31. The van der Waals surface area contributed by atoms with Crippen molar-refractivity contribution in [2.45, 2.75) is 13.0 Å². The molecule has 0 saturated heterocycles. The van der Waals surface area contributed by atoms with E-state index in [2.05, 4.69) is 6.58 Å². The Morgan fingerprint density at radius 3 is 2.57 bits per heavy atom. The molecule has 1 N–H and O–H groups in total. The summed E-state index contributed by atoms with van der Waals surface area (Å²) in [6.45, 7) is 5.61. The lowest BCUT2D eigenvalue weighted by atomic mass is 10.2. The molecule has 0 aliphatic heterocycles. The molecule has 0 radical (unpaired) electrons. The standard InChI is InChI=1S/C11H13ClO2/c1-8(2)11(13)7-14-10-5-3-9(12)4-6-10/h3-6,11,13H,1,7H2,2H3. The minimum Gasteiger partial charge on any atom is -0.491 e. The van der Waals surface area contributed by atoms with Gasteiger partial charge in [-0.2, -0.15) is 0 Å². The molecular weight excluding hydrogens is 200 g/mol. The van der Waals surface area contributed by atoms with Gasteiger partial charge in [0, 0.05) is 5.02 Å². The summed E-state index contributed by atoms with van der Waals surface area (Å²) >= 11 is 5.71. The molecule has 0 amide bonds. The van der Waals surface area contributed by atoms with Crippen LogP contribution in [0.5, 0.6) is 5.75 Å². The number of benzene rings is 1. The molecule has 1 unspecified atom stereocenters. The van der Waals surface area contributed by atoms with Gasteiger partial charge in [0.2, 0.25) is 0 Å². The molecule has 0 saturated carbocycles. The molecule has 1 rings (SSSR count). The first-order chi connectivity index (χ1) is 6.59. The first kappa shape index (κ1) is 11.1. The third-order valence-corrected chi connectivity index (χ3v) is 2.04. The third-order valence-electron chi connectivity index (χ3n) is 1.79. The van der Waals surface area contributed by atoms with E-state index in [9.17, 15) is 5.11 Å². The second-order valence-electron chi connectivity index (χ2n) is 3.13. The average Bonchev–Trinajstić information content (AvgIpc) is 2.16. The van der Waals surface area contributed by atoms with Crippen molar-refractivity contribution < 1.29 is 9.84 Å². The monoisotopic (exact) mass is 212 g/mol. The van der Waals surface area contributed by atoms with Crippen LogP contribution in [0.2, 0.25) is 5.02 Å². The highest BCUT2D eigenvalue weighted by Crippen LogP contribution is 2.15. The summed E-state index contributed by atoms with van der Waals surface area (Å²) in [7, 11) is 0. The topological polar surface area (TPSA) is 29.5 Å². The zero-order chi connectivity index (χ0) is 10.6. The highest BCUT2D eigenvalue weighted by atomic mass is 35.5. The molecule has 0 aromatic heterocycles. The van der Waals surface area contributed by atoms with E-state index in [1.54, 1.807) is 31.2 Å². The van der Waals surface area contributed by atoms with E-state index >= 15 is 0 Å². The van der Waals surface area contributed by atoms with Gasteiger partial charge in [0.1, 0.15) is 18.5 Å². The predicted octanol–water partition coefficient (Wildman–Crippen LogP) is 2.66. The summed E-state index contributed by atoms with van der Waals surface area (Å²) in [4.78, 5) is 0. The predicted molar refractivity (Wildman–Crippen MR) is 57.8 cm³/mol. The van der Waals surface area contributed by atoms with Gasteiger partial charge in [-0.1, -0.05) is 18.2 Å². The van der Waals surface area contributed by atoms with Crippen LogP contribution in [-0.4, -0.2) is 17.8 Å². The highest BCUT2D eigenvalue weighted by Gasteiger charge is 2.04. The van der Waals surface area contributed by atoms with E-state index in [-0.39, 0.29) is 6.61 Å². The van der Waals surface area contributed by atoms with Gasteiger partial charge in [0.25, 0.3) is 0 Å². The van der Waals surface area contributed by atoms with Crippen LogP contribution in [0.15, 0.2) is 36.4 Å². The summed E-state index contributed by atoms with van der Waals surface area (Å²) in [5, 5.41) is 10.1. The summed E-state index contributed by atoms with van der Waals surface area (Å²) in [6.07, 6.45) is -0.620.